The number of carbonyl (C=O) groups excluding carboxylic acids is 1. The van der Waals surface area contributed by atoms with E-state index in [1.807, 2.05) is 30.3 Å². The number of ether oxygens (including phenoxy) is 1. The van der Waals surface area contributed by atoms with Gasteiger partial charge < -0.3 is 9.84 Å². The molecule has 2 amide bonds. The SMILES string of the molecule is COCCON(C)C(=O)N1N=C(c2cc(F)ccc2F)SC1(CCCO)c1ccccc1. The molecule has 2 aromatic rings. The molecule has 1 aliphatic rings. The summed E-state index contributed by atoms with van der Waals surface area (Å²) in [4.78, 5) is 17.7. The first-order valence-corrected chi connectivity index (χ1v) is 10.8. The van der Waals surface area contributed by atoms with Crippen LogP contribution >= 0.6 is 11.8 Å². The van der Waals surface area contributed by atoms with Crippen LogP contribution in [0.2, 0.25) is 0 Å². The van der Waals surface area contributed by atoms with Crippen molar-refractivity contribution in [1.29, 1.82) is 0 Å². The molecule has 0 radical (unpaired) electrons. The Hall–Kier alpha value is -2.53. The second-order valence-electron chi connectivity index (χ2n) is 7.03. The van der Waals surface area contributed by atoms with Crippen LogP contribution in [0, 0.1) is 11.6 Å². The van der Waals surface area contributed by atoms with Gasteiger partial charge in [-0.25, -0.2) is 18.6 Å². The largest absolute Gasteiger partial charge is 0.396 e. The highest BCUT2D eigenvalue weighted by Crippen LogP contribution is 2.50. The lowest BCUT2D eigenvalue weighted by molar-refractivity contribution is -0.122. The van der Waals surface area contributed by atoms with Crippen molar-refractivity contribution in [3.05, 3.63) is 71.3 Å². The monoisotopic (exact) mass is 465 g/mol. The fourth-order valence-electron chi connectivity index (χ4n) is 3.31. The van der Waals surface area contributed by atoms with Gasteiger partial charge in [0.1, 0.15) is 21.5 Å². The molecule has 0 fully saturated rings. The third-order valence-electron chi connectivity index (χ3n) is 4.88. The molecule has 7 nitrogen and oxygen atoms in total. The molecule has 1 atom stereocenters. The number of thioether (sulfide) groups is 1. The molecule has 1 heterocycles. The van der Waals surface area contributed by atoms with Crippen LogP contribution in [0.15, 0.2) is 53.6 Å². The number of halogens is 2. The van der Waals surface area contributed by atoms with E-state index in [0.717, 1.165) is 40.6 Å². The second-order valence-corrected chi connectivity index (χ2v) is 8.29. The zero-order chi connectivity index (χ0) is 23.1. The molecule has 0 aromatic heterocycles. The molecule has 32 heavy (non-hydrogen) atoms. The van der Waals surface area contributed by atoms with E-state index in [9.17, 15) is 18.7 Å². The summed E-state index contributed by atoms with van der Waals surface area (Å²) in [6, 6.07) is 11.6. The van der Waals surface area contributed by atoms with E-state index in [1.54, 1.807) is 0 Å². The van der Waals surface area contributed by atoms with Gasteiger partial charge in [-0.1, -0.05) is 42.1 Å². The molecule has 1 unspecified atom stereocenters. The van der Waals surface area contributed by atoms with Crippen molar-refractivity contribution in [2.45, 2.75) is 17.7 Å². The normalized spacial score (nSPS) is 18.0. The van der Waals surface area contributed by atoms with E-state index in [0.29, 0.717) is 12.8 Å². The summed E-state index contributed by atoms with van der Waals surface area (Å²) < 4.78 is 33.4. The highest BCUT2D eigenvalue weighted by molar-refractivity contribution is 8.15. The summed E-state index contributed by atoms with van der Waals surface area (Å²) in [6.07, 6.45) is 0.675. The summed E-state index contributed by atoms with van der Waals surface area (Å²) in [5.41, 5.74) is 0.685. The van der Waals surface area contributed by atoms with E-state index >= 15 is 0 Å². The first kappa shape index (κ1) is 24.1. The van der Waals surface area contributed by atoms with Gasteiger partial charge in [0.05, 0.1) is 13.2 Å². The summed E-state index contributed by atoms with van der Waals surface area (Å²) in [5.74, 6) is -1.27. The van der Waals surface area contributed by atoms with Crippen LogP contribution in [0.4, 0.5) is 13.6 Å². The van der Waals surface area contributed by atoms with Crippen molar-refractivity contribution in [2.75, 3.05) is 34.0 Å². The molecule has 1 aliphatic heterocycles. The quantitative estimate of drug-likeness (QED) is 0.449. The van der Waals surface area contributed by atoms with Crippen molar-refractivity contribution in [1.82, 2.24) is 10.1 Å². The van der Waals surface area contributed by atoms with Gasteiger partial charge in [-0.2, -0.15) is 10.1 Å². The number of hydrogen-bond donors (Lipinski definition) is 1. The number of nitrogens with zero attached hydrogens (tertiary/aromatic N) is 3. The first-order chi connectivity index (χ1) is 15.4. The Kier molecular flexibility index (Phi) is 8.19. The predicted molar refractivity (Wildman–Crippen MR) is 118 cm³/mol. The van der Waals surface area contributed by atoms with Gasteiger partial charge >= 0.3 is 6.03 Å². The molecule has 0 saturated heterocycles. The van der Waals surface area contributed by atoms with Crippen LogP contribution < -0.4 is 0 Å². The summed E-state index contributed by atoms with van der Waals surface area (Å²) in [5, 5.41) is 16.3. The van der Waals surface area contributed by atoms with E-state index in [-0.39, 0.29) is 30.4 Å². The Morgan fingerprint density at radius 2 is 1.97 bits per heavy atom. The second kappa shape index (κ2) is 10.9. The number of hydrazone groups is 1. The molecule has 3 rings (SSSR count). The molecule has 0 bridgehead atoms. The average molecular weight is 466 g/mol. The van der Waals surface area contributed by atoms with E-state index in [1.165, 1.54) is 19.2 Å². The highest BCUT2D eigenvalue weighted by atomic mass is 32.2. The maximum atomic E-state index is 14.6. The molecule has 10 heteroatoms. The van der Waals surface area contributed by atoms with Crippen LogP contribution in [-0.4, -0.2) is 60.2 Å². The number of aliphatic hydroxyl groups is 1. The molecule has 2 aromatic carbocycles. The minimum Gasteiger partial charge on any atom is -0.396 e. The zero-order valence-corrected chi connectivity index (χ0v) is 18.6. The number of hydroxylamine groups is 2. The van der Waals surface area contributed by atoms with Gasteiger partial charge in [-0.3, -0.25) is 4.84 Å². The molecule has 1 N–H and O–H groups in total. The fourth-order valence-corrected chi connectivity index (χ4v) is 4.72. The van der Waals surface area contributed by atoms with E-state index in [4.69, 9.17) is 9.57 Å². The lowest BCUT2D eigenvalue weighted by atomic mass is 10.0. The van der Waals surface area contributed by atoms with Gasteiger partial charge in [0.2, 0.25) is 0 Å². The van der Waals surface area contributed by atoms with Crippen molar-refractivity contribution in [3.8, 4) is 0 Å². The lowest BCUT2D eigenvalue weighted by Gasteiger charge is -2.37. The Morgan fingerprint density at radius 3 is 2.66 bits per heavy atom. The van der Waals surface area contributed by atoms with Gasteiger partial charge in [0, 0.05) is 26.3 Å². The maximum Gasteiger partial charge on any atom is 0.365 e. The lowest BCUT2D eigenvalue weighted by Crippen LogP contribution is -2.47. The van der Waals surface area contributed by atoms with E-state index in [2.05, 4.69) is 5.10 Å². The molecule has 172 valence electrons. The average Bonchev–Trinajstić information content (AvgIpc) is 3.20. The van der Waals surface area contributed by atoms with Gasteiger partial charge in [0.15, 0.2) is 0 Å². The van der Waals surface area contributed by atoms with Crippen LogP contribution in [0.25, 0.3) is 0 Å². The fraction of sp³-hybridized carbons (Fsp3) is 0.364. The van der Waals surface area contributed by atoms with Crippen LogP contribution in [-0.2, 0) is 14.4 Å². The molecule has 0 spiro atoms. The van der Waals surface area contributed by atoms with Gasteiger partial charge in [-0.05, 0) is 36.6 Å². The van der Waals surface area contributed by atoms with Crippen molar-refractivity contribution >= 4 is 22.8 Å². The zero-order valence-electron chi connectivity index (χ0n) is 17.8. The highest BCUT2D eigenvalue weighted by Gasteiger charge is 2.49. The van der Waals surface area contributed by atoms with Crippen LogP contribution in [0.5, 0.6) is 0 Å². The van der Waals surface area contributed by atoms with Crippen molar-refractivity contribution in [3.63, 3.8) is 0 Å². The number of benzene rings is 2. The number of methoxy groups -OCH3 is 1. The Bertz CT molecular complexity index is 963. The molecule has 0 aliphatic carbocycles. The maximum absolute atomic E-state index is 14.6. The first-order valence-electron chi connectivity index (χ1n) is 10.0. The predicted octanol–water partition coefficient (Wildman–Crippen LogP) is 3.93. The number of rotatable bonds is 9. The molecule has 0 saturated carbocycles. The summed E-state index contributed by atoms with van der Waals surface area (Å²) in [7, 11) is 2.96. The van der Waals surface area contributed by atoms with Crippen molar-refractivity contribution < 1.29 is 28.3 Å². The summed E-state index contributed by atoms with van der Waals surface area (Å²) in [6.45, 7) is 0.314. The standard InChI is InChI=1S/C22H25F2N3O4S/c1-26(31-14-13-30-2)21(29)27-22(11-6-12-28,16-7-4-3-5-8-16)32-20(25-27)18-15-17(23)9-10-19(18)24/h3-5,7-10,15,28H,6,11-14H2,1-2H3. The molecular weight excluding hydrogens is 440 g/mol. The van der Waals surface area contributed by atoms with Crippen LogP contribution in [0.1, 0.15) is 24.0 Å². The van der Waals surface area contributed by atoms with Crippen molar-refractivity contribution in [2.24, 2.45) is 5.10 Å². The third kappa shape index (κ3) is 5.09. The Balaban J connectivity index is 2.07. The Morgan fingerprint density at radius 1 is 1.22 bits per heavy atom. The number of urea groups is 1. The van der Waals surface area contributed by atoms with Gasteiger partial charge in [-0.15, -0.1) is 0 Å². The number of hydrogen-bond acceptors (Lipinski definition) is 6. The van der Waals surface area contributed by atoms with E-state index < -0.39 is 22.5 Å². The minimum absolute atomic E-state index is 0.0439. The van der Waals surface area contributed by atoms with Crippen LogP contribution in [0.3, 0.4) is 0 Å². The Labute approximate surface area is 189 Å². The molecular formula is C22H25F2N3O4S. The van der Waals surface area contributed by atoms with Gasteiger partial charge in [0.25, 0.3) is 0 Å². The smallest absolute Gasteiger partial charge is 0.365 e. The third-order valence-corrected chi connectivity index (χ3v) is 6.32. The topological polar surface area (TPSA) is 74.6 Å². The number of aliphatic hydroxyl groups excluding tert-OH is 1. The minimum atomic E-state index is -1.09. The number of amides is 2. The number of carbonyl (C=O) groups is 1. The summed E-state index contributed by atoms with van der Waals surface area (Å²) >= 11 is 1.14.